The highest BCUT2D eigenvalue weighted by atomic mass is 16.5. The van der Waals surface area contributed by atoms with E-state index < -0.39 is 0 Å². The molecule has 1 atom stereocenters. The highest BCUT2D eigenvalue weighted by Gasteiger charge is 2.03. The molecule has 5 nitrogen and oxygen atoms in total. The summed E-state index contributed by atoms with van der Waals surface area (Å²) < 4.78 is 5.42. The zero-order valence-corrected chi connectivity index (χ0v) is 10.5. The van der Waals surface area contributed by atoms with Crippen LogP contribution in [0.5, 0.6) is 5.88 Å². The van der Waals surface area contributed by atoms with Crippen LogP contribution in [0.4, 0.5) is 5.95 Å². The Balaban J connectivity index is 2.42. The fraction of sp³-hybridized carbons (Fsp3) is 0.667. The Morgan fingerprint density at radius 1 is 1.53 bits per heavy atom. The van der Waals surface area contributed by atoms with Crippen LogP contribution in [-0.2, 0) is 0 Å². The van der Waals surface area contributed by atoms with Gasteiger partial charge in [-0.05, 0) is 18.8 Å². The lowest BCUT2D eigenvalue weighted by atomic mass is 10.1. The fourth-order valence-corrected chi connectivity index (χ4v) is 1.30. The molecule has 0 bridgehead atoms. The van der Waals surface area contributed by atoms with Crippen molar-refractivity contribution < 1.29 is 9.84 Å². The van der Waals surface area contributed by atoms with Crippen LogP contribution in [-0.4, -0.2) is 34.8 Å². The average molecular weight is 239 g/mol. The zero-order valence-electron chi connectivity index (χ0n) is 10.5. The molecule has 0 aliphatic carbocycles. The summed E-state index contributed by atoms with van der Waals surface area (Å²) in [4.78, 5) is 8.35. The summed E-state index contributed by atoms with van der Waals surface area (Å²) >= 11 is 0. The molecule has 1 aromatic heterocycles. The summed E-state index contributed by atoms with van der Waals surface area (Å²) in [6.45, 7) is 5.75. The maximum atomic E-state index is 8.80. The Bertz CT molecular complexity index is 320. The van der Waals surface area contributed by atoms with Gasteiger partial charge in [0.25, 0.3) is 0 Å². The number of nitrogens with zero attached hydrogens (tertiary/aromatic N) is 2. The molecular weight excluding hydrogens is 218 g/mol. The number of rotatable bonds is 8. The maximum absolute atomic E-state index is 8.80. The predicted octanol–water partition coefficient (Wildman–Crippen LogP) is 1.70. The van der Waals surface area contributed by atoms with Crippen LogP contribution < -0.4 is 10.1 Å². The lowest BCUT2D eigenvalue weighted by Crippen LogP contribution is -2.14. The molecule has 2 N–H and O–H groups in total. The molecule has 0 amide bonds. The number of aliphatic hydroxyl groups excluding tert-OH is 1. The minimum atomic E-state index is 0.212. The molecule has 0 radical (unpaired) electrons. The molecule has 0 spiro atoms. The second-order valence-electron chi connectivity index (χ2n) is 4.07. The van der Waals surface area contributed by atoms with Gasteiger partial charge in [0.2, 0.25) is 11.8 Å². The first-order chi connectivity index (χ1) is 8.26. The number of anilines is 1. The lowest BCUT2D eigenvalue weighted by molar-refractivity contribution is 0.265. The van der Waals surface area contributed by atoms with E-state index in [2.05, 4.69) is 29.1 Å². The smallest absolute Gasteiger partial charge is 0.225 e. The van der Waals surface area contributed by atoms with Crippen molar-refractivity contribution in [1.29, 1.82) is 0 Å². The number of aromatic nitrogens is 2. The predicted molar refractivity (Wildman–Crippen MR) is 67.2 cm³/mol. The molecule has 1 heterocycles. The van der Waals surface area contributed by atoms with Gasteiger partial charge >= 0.3 is 0 Å². The molecule has 0 saturated heterocycles. The van der Waals surface area contributed by atoms with Crippen molar-refractivity contribution in [1.82, 2.24) is 9.97 Å². The molecule has 1 aromatic rings. The number of nitrogens with one attached hydrogen (secondary N) is 1. The van der Waals surface area contributed by atoms with E-state index in [0.29, 0.717) is 24.4 Å². The van der Waals surface area contributed by atoms with E-state index in [4.69, 9.17) is 9.84 Å². The van der Waals surface area contributed by atoms with E-state index in [0.717, 1.165) is 19.4 Å². The third kappa shape index (κ3) is 5.49. The van der Waals surface area contributed by atoms with Gasteiger partial charge in [-0.2, -0.15) is 4.98 Å². The molecule has 0 saturated carbocycles. The molecule has 1 unspecified atom stereocenters. The fourth-order valence-electron chi connectivity index (χ4n) is 1.30. The molecule has 0 aliphatic heterocycles. The third-order valence-electron chi connectivity index (χ3n) is 2.31. The van der Waals surface area contributed by atoms with Gasteiger partial charge in [-0.25, -0.2) is 4.98 Å². The summed E-state index contributed by atoms with van der Waals surface area (Å²) in [6.07, 6.45) is 3.41. The Labute approximate surface area is 102 Å². The summed E-state index contributed by atoms with van der Waals surface area (Å²) in [6, 6.07) is 1.75. The molecule has 0 aromatic carbocycles. The quantitative estimate of drug-likeness (QED) is 0.722. The first-order valence-electron chi connectivity index (χ1n) is 6.06. The van der Waals surface area contributed by atoms with Crippen LogP contribution in [0.3, 0.4) is 0 Å². The molecule has 96 valence electrons. The van der Waals surface area contributed by atoms with Gasteiger partial charge < -0.3 is 15.2 Å². The standard InChI is InChI=1S/C12H21N3O2/c1-3-8-17-11-4-6-13-12(15-11)14-9-10(2)5-7-16/h4,6,10,16H,3,5,7-9H2,1-2H3,(H,13,14,15). The van der Waals surface area contributed by atoms with E-state index in [9.17, 15) is 0 Å². The number of ether oxygens (including phenoxy) is 1. The summed E-state index contributed by atoms with van der Waals surface area (Å²) in [7, 11) is 0. The Kier molecular flexibility index (Phi) is 6.32. The Morgan fingerprint density at radius 2 is 2.35 bits per heavy atom. The van der Waals surface area contributed by atoms with Crippen LogP contribution in [0.25, 0.3) is 0 Å². The van der Waals surface area contributed by atoms with Gasteiger partial charge in [-0.15, -0.1) is 0 Å². The van der Waals surface area contributed by atoms with Gasteiger partial charge in [-0.3, -0.25) is 0 Å². The zero-order chi connectivity index (χ0) is 12.5. The molecule has 17 heavy (non-hydrogen) atoms. The Hall–Kier alpha value is -1.36. The molecule has 5 heteroatoms. The van der Waals surface area contributed by atoms with E-state index in [1.54, 1.807) is 12.3 Å². The highest BCUT2D eigenvalue weighted by Crippen LogP contribution is 2.09. The van der Waals surface area contributed by atoms with Crippen molar-refractivity contribution in [3.63, 3.8) is 0 Å². The number of aliphatic hydroxyl groups is 1. The van der Waals surface area contributed by atoms with E-state index in [1.807, 2.05) is 0 Å². The largest absolute Gasteiger partial charge is 0.478 e. The third-order valence-corrected chi connectivity index (χ3v) is 2.31. The first kappa shape index (κ1) is 13.7. The number of hydrogen-bond acceptors (Lipinski definition) is 5. The second-order valence-corrected chi connectivity index (χ2v) is 4.07. The summed E-state index contributed by atoms with van der Waals surface area (Å²) in [5.41, 5.74) is 0. The topological polar surface area (TPSA) is 67.3 Å². The van der Waals surface area contributed by atoms with Gasteiger partial charge in [0, 0.05) is 25.4 Å². The average Bonchev–Trinajstić information content (AvgIpc) is 2.35. The van der Waals surface area contributed by atoms with Gasteiger partial charge in [0.05, 0.1) is 6.61 Å². The van der Waals surface area contributed by atoms with Crippen molar-refractivity contribution >= 4 is 5.95 Å². The SMILES string of the molecule is CCCOc1ccnc(NCC(C)CCO)n1. The van der Waals surface area contributed by atoms with Crippen molar-refractivity contribution in [2.45, 2.75) is 26.7 Å². The second kappa shape index (κ2) is 7.84. The number of hydrogen-bond donors (Lipinski definition) is 2. The maximum Gasteiger partial charge on any atom is 0.225 e. The van der Waals surface area contributed by atoms with Gasteiger partial charge in [0.1, 0.15) is 0 Å². The monoisotopic (exact) mass is 239 g/mol. The van der Waals surface area contributed by atoms with Crippen molar-refractivity contribution in [2.75, 3.05) is 25.1 Å². The van der Waals surface area contributed by atoms with Crippen LogP contribution in [0.1, 0.15) is 26.7 Å². The normalized spacial score (nSPS) is 12.2. The van der Waals surface area contributed by atoms with E-state index >= 15 is 0 Å². The minimum Gasteiger partial charge on any atom is -0.478 e. The van der Waals surface area contributed by atoms with Crippen LogP contribution >= 0.6 is 0 Å². The minimum absolute atomic E-state index is 0.212. The molecule has 0 aliphatic rings. The molecular formula is C12H21N3O2. The Morgan fingerprint density at radius 3 is 3.06 bits per heavy atom. The van der Waals surface area contributed by atoms with Crippen LogP contribution in [0, 0.1) is 5.92 Å². The van der Waals surface area contributed by atoms with Gasteiger partial charge in [-0.1, -0.05) is 13.8 Å². The van der Waals surface area contributed by atoms with Crippen LogP contribution in [0.2, 0.25) is 0 Å². The highest BCUT2D eigenvalue weighted by molar-refractivity contribution is 5.27. The molecule has 0 fully saturated rings. The van der Waals surface area contributed by atoms with E-state index in [-0.39, 0.29) is 6.61 Å². The van der Waals surface area contributed by atoms with Crippen molar-refractivity contribution in [2.24, 2.45) is 5.92 Å². The summed E-state index contributed by atoms with van der Waals surface area (Å²) in [5, 5.41) is 11.9. The lowest BCUT2D eigenvalue weighted by Gasteiger charge is -2.11. The van der Waals surface area contributed by atoms with E-state index in [1.165, 1.54) is 0 Å². The van der Waals surface area contributed by atoms with Crippen molar-refractivity contribution in [3.8, 4) is 5.88 Å². The van der Waals surface area contributed by atoms with Crippen molar-refractivity contribution in [3.05, 3.63) is 12.3 Å². The van der Waals surface area contributed by atoms with Crippen LogP contribution in [0.15, 0.2) is 12.3 Å². The summed E-state index contributed by atoms with van der Waals surface area (Å²) in [5.74, 6) is 1.56. The first-order valence-corrected chi connectivity index (χ1v) is 6.06. The van der Waals surface area contributed by atoms with Gasteiger partial charge in [0.15, 0.2) is 0 Å². The molecule has 1 rings (SSSR count).